The van der Waals surface area contributed by atoms with E-state index in [4.69, 9.17) is 5.11 Å². The summed E-state index contributed by atoms with van der Waals surface area (Å²) in [5.41, 5.74) is 1.27. The second-order valence-electron chi connectivity index (χ2n) is 6.01. The van der Waals surface area contributed by atoms with Gasteiger partial charge in [-0.15, -0.1) is 11.3 Å². The van der Waals surface area contributed by atoms with E-state index in [-0.39, 0.29) is 15.2 Å². The molecule has 0 saturated heterocycles. The molecule has 1 aliphatic heterocycles. The molecule has 0 unspecified atom stereocenters. The van der Waals surface area contributed by atoms with Crippen LogP contribution in [0.3, 0.4) is 0 Å². The minimum absolute atomic E-state index is 0.0322. The van der Waals surface area contributed by atoms with Crippen molar-refractivity contribution >= 4 is 27.3 Å². The Balaban J connectivity index is 2.29. The Morgan fingerprint density at radius 2 is 2.05 bits per heavy atom. The molecule has 0 aromatic carbocycles. The number of carboxylic acids is 1. The molecule has 0 fully saturated rings. The second-order valence-corrected chi connectivity index (χ2v) is 8.83. The Bertz CT molecular complexity index is 680. The summed E-state index contributed by atoms with van der Waals surface area (Å²) in [6.45, 7) is 6.99. The minimum atomic E-state index is -3.74. The summed E-state index contributed by atoms with van der Waals surface area (Å²) in [6.07, 6.45) is 2.61. The fourth-order valence-corrected chi connectivity index (χ4v) is 4.96. The molecule has 1 aromatic rings. The molecule has 0 radical (unpaired) electrons. The van der Waals surface area contributed by atoms with E-state index in [1.807, 2.05) is 6.08 Å². The summed E-state index contributed by atoms with van der Waals surface area (Å²) in [6, 6.07) is 1.37. The molecule has 1 aromatic heterocycles. The third-order valence-electron chi connectivity index (χ3n) is 3.58. The van der Waals surface area contributed by atoms with Gasteiger partial charge < -0.3 is 5.11 Å². The van der Waals surface area contributed by atoms with Crippen LogP contribution in [0.15, 0.2) is 28.0 Å². The first-order valence-electron chi connectivity index (χ1n) is 6.64. The topological polar surface area (TPSA) is 74.7 Å². The van der Waals surface area contributed by atoms with E-state index in [1.54, 1.807) is 0 Å². The lowest BCUT2D eigenvalue weighted by molar-refractivity contribution is 0.0698. The molecule has 5 nitrogen and oxygen atoms in total. The minimum Gasteiger partial charge on any atom is -0.477 e. The van der Waals surface area contributed by atoms with Crippen LogP contribution in [0.5, 0.6) is 0 Å². The fraction of sp³-hybridized carbons (Fsp3) is 0.500. The highest BCUT2D eigenvalue weighted by molar-refractivity contribution is 7.89. The van der Waals surface area contributed by atoms with Crippen molar-refractivity contribution in [1.29, 1.82) is 0 Å². The van der Waals surface area contributed by atoms with E-state index >= 15 is 0 Å². The van der Waals surface area contributed by atoms with Crippen LogP contribution in [0.2, 0.25) is 0 Å². The van der Waals surface area contributed by atoms with Crippen molar-refractivity contribution < 1.29 is 18.3 Å². The highest BCUT2D eigenvalue weighted by Gasteiger charge is 2.32. The number of nitrogens with zero attached hydrogens (tertiary/aromatic N) is 1. The SMILES string of the molecule is CC(C)(C)C1=CCN(S(=O)(=O)c2ccsc2C(=O)O)CC1. The maximum atomic E-state index is 12.6. The maximum absolute atomic E-state index is 12.6. The van der Waals surface area contributed by atoms with Gasteiger partial charge >= 0.3 is 5.97 Å². The normalized spacial score (nSPS) is 17.6. The summed E-state index contributed by atoms with van der Waals surface area (Å²) in [5, 5.41) is 10.6. The van der Waals surface area contributed by atoms with Gasteiger partial charge in [-0.2, -0.15) is 4.31 Å². The van der Waals surface area contributed by atoms with Crippen LogP contribution in [0.1, 0.15) is 36.9 Å². The van der Waals surface area contributed by atoms with Gasteiger partial charge in [-0.1, -0.05) is 32.4 Å². The second kappa shape index (κ2) is 5.55. The Hall–Kier alpha value is -1.18. The molecule has 2 heterocycles. The summed E-state index contributed by atoms with van der Waals surface area (Å²) >= 11 is 0.933. The van der Waals surface area contributed by atoms with E-state index in [9.17, 15) is 13.2 Å². The molecule has 1 aliphatic rings. The molecule has 0 amide bonds. The lowest BCUT2D eigenvalue weighted by Crippen LogP contribution is -2.36. The van der Waals surface area contributed by atoms with Gasteiger partial charge in [0.15, 0.2) is 0 Å². The molecule has 0 bridgehead atoms. The van der Waals surface area contributed by atoms with Crippen LogP contribution >= 0.6 is 11.3 Å². The van der Waals surface area contributed by atoms with Gasteiger partial charge in [0.1, 0.15) is 9.77 Å². The number of hydrogen-bond acceptors (Lipinski definition) is 4. The number of sulfonamides is 1. The lowest BCUT2D eigenvalue weighted by atomic mass is 9.83. The standard InChI is InChI=1S/C14H19NO4S2/c1-14(2,3)10-4-7-15(8-5-10)21(18,19)11-6-9-20-12(11)13(16)17/h4,6,9H,5,7-8H2,1-3H3,(H,16,17). The molecule has 21 heavy (non-hydrogen) atoms. The molecule has 0 spiro atoms. The summed E-state index contributed by atoms with van der Waals surface area (Å²) < 4.78 is 26.5. The maximum Gasteiger partial charge on any atom is 0.347 e. The average Bonchev–Trinajstić information content (AvgIpc) is 2.88. The van der Waals surface area contributed by atoms with Gasteiger partial charge in [-0.05, 0) is 23.3 Å². The molecule has 7 heteroatoms. The lowest BCUT2D eigenvalue weighted by Gasteiger charge is -2.31. The first kappa shape index (κ1) is 16.2. The fourth-order valence-electron chi connectivity index (χ4n) is 2.35. The quantitative estimate of drug-likeness (QED) is 0.865. The van der Waals surface area contributed by atoms with Gasteiger partial charge in [-0.3, -0.25) is 0 Å². The van der Waals surface area contributed by atoms with Crippen molar-refractivity contribution in [1.82, 2.24) is 4.31 Å². The van der Waals surface area contributed by atoms with Gasteiger partial charge in [0.05, 0.1) is 0 Å². The third kappa shape index (κ3) is 3.20. The van der Waals surface area contributed by atoms with Crippen LogP contribution in [0, 0.1) is 5.41 Å². The van der Waals surface area contributed by atoms with Crippen LogP contribution in [0.4, 0.5) is 0 Å². The van der Waals surface area contributed by atoms with Crippen LogP contribution in [0.25, 0.3) is 0 Å². The Morgan fingerprint density at radius 3 is 2.52 bits per heavy atom. The zero-order chi connectivity index (χ0) is 15.8. The van der Waals surface area contributed by atoms with Gasteiger partial charge in [0, 0.05) is 13.1 Å². The van der Waals surface area contributed by atoms with E-state index in [0.717, 1.165) is 11.3 Å². The monoisotopic (exact) mass is 329 g/mol. The van der Waals surface area contributed by atoms with Crippen LogP contribution in [-0.2, 0) is 10.0 Å². The molecule has 116 valence electrons. The van der Waals surface area contributed by atoms with Crippen molar-refractivity contribution in [3.8, 4) is 0 Å². The largest absolute Gasteiger partial charge is 0.477 e. The Morgan fingerprint density at radius 1 is 1.38 bits per heavy atom. The average molecular weight is 329 g/mol. The summed E-state index contributed by atoms with van der Waals surface area (Å²) in [4.78, 5) is 10.9. The molecule has 0 saturated carbocycles. The number of hydrogen-bond donors (Lipinski definition) is 1. The highest BCUT2D eigenvalue weighted by atomic mass is 32.2. The van der Waals surface area contributed by atoms with Crippen molar-refractivity contribution in [2.45, 2.75) is 32.1 Å². The molecular formula is C14H19NO4S2. The van der Waals surface area contributed by atoms with Crippen molar-refractivity contribution in [3.63, 3.8) is 0 Å². The first-order chi connectivity index (χ1) is 9.64. The number of rotatable bonds is 3. The van der Waals surface area contributed by atoms with Crippen LogP contribution < -0.4 is 0 Å². The van der Waals surface area contributed by atoms with E-state index in [2.05, 4.69) is 20.8 Å². The summed E-state index contributed by atoms with van der Waals surface area (Å²) in [7, 11) is -3.74. The molecule has 0 aliphatic carbocycles. The summed E-state index contributed by atoms with van der Waals surface area (Å²) in [5.74, 6) is -1.20. The number of thiophene rings is 1. The Kier molecular flexibility index (Phi) is 4.28. The number of carbonyl (C=O) groups is 1. The van der Waals surface area contributed by atoms with Gasteiger partial charge in [0.25, 0.3) is 0 Å². The number of carboxylic acid groups (broad SMARTS) is 1. The predicted octanol–water partition coefficient (Wildman–Crippen LogP) is 2.81. The van der Waals surface area contributed by atoms with Crippen molar-refractivity contribution in [2.75, 3.05) is 13.1 Å². The van der Waals surface area contributed by atoms with Crippen LogP contribution in [-0.4, -0.2) is 36.9 Å². The zero-order valence-electron chi connectivity index (χ0n) is 12.3. The molecule has 2 rings (SSSR count). The van der Waals surface area contributed by atoms with Crippen molar-refractivity contribution in [3.05, 3.63) is 28.0 Å². The molecular weight excluding hydrogens is 310 g/mol. The Labute approximate surface area is 129 Å². The van der Waals surface area contributed by atoms with Crippen molar-refractivity contribution in [2.24, 2.45) is 5.41 Å². The number of aromatic carboxylic acids is 1. The van der Waals surface area contributed by atoms with E-state index in [1.165, 1.54) is 21.3 Å². The van der Waals surface area contributed by atoms with E-state index < -0.39 is 16.0 Å². The predicted molar refractivity (Wildman–Crippen MR) is 82.2 cm³/mol. The molecule has 1 N–H and O–H groups in total. The van der Waals surface area contributed by atoms with E-state index in [0.29, 0.717) is 19.5 Å². The van der Waals surface area contributed by atoms with Gasteiger partial charge in [-0.25, -0.2) is 13.2 Å². The zero-order valence-corrected chi connectivity index (χ0v) is 13.9. The third-order valence-corrected chi connectivity index (χ3v) is 6.52. The highest BCUT2D eigenvalue weighted by Crippen LogP contribution is 2.32. The first-order valence-corrected chi connectivity index (χ1v) is 8.96. The molecule has 0 atom stereocenters. The van der Waals surface area contributed by atoms with Gasteiger partial charge in [0.2, 0.25) is 10.0 Å². The smallest absolute Gasteiger partial charge is 0.347 e.